The van der Waals surface area contributed by atoms with Crippen molar-refractivity contribution >= 4 is 22.7 Å². The summed E-state index contributed by atoms with van der Waals surface area (Å²) in [7, 11) is 1.64. The summed E-state index contributed by atoms with van der Waals surface area (Å²) in [5, 5.41) is 2.93. The largest absolute Gasteiger partial charge is 0.419 e. The Morgan fingerprint density at radius 1 is 1.48 bits per heavy atom. The topological polar surface area (TPSA) is 90.3 Å². The molecule has 1 amide bonds. The quantitative estimate of drug-likeness (QED) is 0.894. The van der Waals surface area contributed by atoms with Crippen molar-refractivity contribution in [2.45, 2.75) is 19.3 Å². The Balaban J connectivity index is 1.83. The number of nitrogens with zero attached hydrogens (tertiary/aromatic N) is 1. The molecule has 1 fully saturated rings. The summed E-state index contributed by atoms with van der Waals surface area (Å²) in [5.74, 6) is -0.144. The van der Waals surface area contributed by atoms with Crippen LogP contribution in [0.25, 0.3) is 11.1 Å². The SMILES string of the molecule is Cn1c(=O)oc2ccc(NC(=O)[C@@H]3CCC[C@@H]3CN)cc21. The number of oxazole rings is 1. The molecule has 0 radical (unpaired) electrons. The lowest BCUT2D eigenvalue weighted by molar-refractivity contribution is -0.120. The minimum absolute atomic E-state index is 0.01000. The Morgan fingerprint density at radius 3 is 3.05 bits per heavy atom. The molecule has 0 unspecified atom stereocenters. The van der Waals surface area contributed by atoms with Crippen molar-refractivity contribution in [3.8, 4) is 0 Å². The molecular weight excluding hydrogens is 270 g/mol. The molecule has 1 heterocycles. The Kier molecular flexibility index (Phi) is 3.55. The van der Waals surface area contributed by atoms with E-state index in [2.05, 4.69) is 5.32 Å². The summed E-state index contributed by atoms with van der Waals surface area (Å²) in [6.07, 6.45) is 2.96. The molecule has 6 nitrogen and oxygen atoms in total. The van der Waals surface area contributed by atoms with E-state index in [9.17, 15) is 9.59 Å². The van der Waals surface area contributed by atoms with Gasteiger partial charge in [-0.3, -0.25) is 9.36 Å². The number of anilines is 1. The lowest BCUT2D eigenvalue weighted by Gasteiger charge is -2.17. The van der Waals surface area contributed by atoms with Crippen molar-refractivity contribution in [2.24, 2.45) is 24.6 Å². The molecule has 1 saturated carbocycles. The molecule has 6 heteroatoms. The van der Waals surface area contributed by atoms with E-state index >= 15 is 0 Å². The lowest BCUT2D eigenvalue weighted by atomic mass is 9.95. The fourth-order valence-electron chi connectivity index (χ4n) is 3.10. The molecule has 3 N–H and O–H groups in total. The maximum absolute atomic E-state index is 12.4. The minimum Gasteiger partial charge on any atom is -0.408 e. The number of hydrogen-bond acceptors (Lipinski definition) is 4. The summed E-state index contributed by atoms with van der Waals surface area (Å²) in [5.41, 5.74) is 7.58. The zero-order chi connectivity index (χ0) is 15.0. The third kappa shape index (κ3) is 2.47. The van der Waals surface area contributed by atoms with Gasteiger partial charge in [0.1, 0.15) is 0 Å². The third-order valence-electron chi connectivity index (χ3n) is 4.36. The van der Waals surface area contributed by atoms with Crippen LogP contribution < -0.4 is 16.8 Å². The van der Waals surface area contributed by atoms with Gasteiger partial charge < -0.3 is 15.5 Å². The zero-order valence-electron chi connectivity index (χ0n) is 12.0. The van der Waals surface area contributed by atoms with Crippen LogP contribution >= 0.6 is 0 Å². The average molecular weight is 289 g/mol. The van der Waals surface area contributed by atoms with Crippen LogP contribution in [0.4, 0.5) is 5.69 Å². The number of fused-ring (bicyclic) bond motifs is 1. The van der Waals surface area contributed by atoms with Crippen LogP contribution in [-0.2, 0) is 11.8 Å². The summed E-state index contributed by atoms with van der Waals surface area (Å²) >= 11 is 0. The van der Waals surface area contributed by atoms with Gasteiger partial charge in [0.25, 0.3) is 0 Å². The standard InChI is InChI=1S/C15H19N3O3/c1-18-12-7-10(5-6-13(12)21-15(18)20)17-14(19)11-4-2-3-9(11)8-16/h5-7,9,11H,2-4,8,16H2,1H3,(H,17,19)/t9-,11-/m1/s1. The van der Waals surface area contributed by atoms with E-state index < -0.39 is 5.76 Å². The van der Waals surface area contributed by atoms with Gasteiger partial charge in [0, 0.05) is 18.7 Å². The average Bonchev–Trinajstić information content (AvgIpc) is 3.05. The highest BCUT2D eigenvalue weighted by molar-refractivity contribution is 5.94. The predicted octanol–water partition coefficient (Wildman–Crippen LogP) is 1.44. The first-order valence-corrected chi connectivity index (χ1v) is 7.20. The highest BCUT2D eigenvalue weighted by Crippen LogP contribution is 2.32. The van der Waals surface area contributed by atoms with Gasteiger partial charge >= 0.3 is 5.76 Å². The predicted molar refractivity (Wildman–Crippen MR) is 80.0 cm³/mol. The number of hydrogen-bond donors (Lipinski definition) is 2. The molecule has 112 valence electrons. The number of rotatable bonds is 3. The van der Waals surface area contributed by atoms with Crippen LogP contribution in [0, 0.1) is 11.8 Å². The normalized spacial score (nSPS) is 21.8. The fraction of sp³-hybridized carbons (Fsp3) is 0.467. The van der Waals surface area contributed by atoms with Gasteiger partial charge in [-0.2, -0.15) is 0 Å². The van der Waals surface area contributed by atoms with Crippen LogP contribution in [0.3, 0.4) is 0 Å². The number of carbonyl (C=O) groups is 1. The molecule has 1 aliphatic rings. The van der Waals surface area contributed by atoms with Gasteiger partial charge in [-0.15, -0.1) is 0 Å². The molecule has 1 aliphatic carbocycles. The molecule has 1 aromatic carbocycles. The number of nitrogens with two attached hydrogens (primary N) is 1. The monoisotopic (exact) mass is 289 g/mol. The molecular formula is C15H19N3O3. The molecule has 0 saturated heterocycles. The van der Waals surface area contributed by atoms with E-state index in [0.717, 1.165) is 19.3 Å². The second-order valence-corrected chi connectivity index (χ2v) is 5.63. The Labute approximate surface area is 121 Å². The molecule has 1 aromatic heterocycles. The summed E-state index contributed by atoms with van der Waals surface area (Å²) in [6.45, 7) is 0.549. The summed E-state index contributed by atoms with van der Waals surface area (Å²) in [6, 6.07) is 5.20. The van der Waals surface area contributed by atoms with Gasteiger partial charge in [0.05, 0.1) is 5.52 Å². The first kappa shape index (κ1) is 13.9. The van der Waals surface area contributed by atoms with Crippen LogP contribution in [0.1, 0.15) is 19.3 Å². The maximum Gasteiger partial charge on any atom is 0.419 e. The van der Waals surface area contributed by atoms with Crippen molar-refractivity contribution in [3.63, 3.8) is 0 Å². The van der Waals surface area contributed by atoms with Gasteiger partial charge in [0.2, 0.25) is 5.91 Å². The number of amides is 1. The van der Waals surface area contributed by atoms with E-state index in [1.807, 2.05) is 0 Å². The first-order chi connectivity index (χ1) is 10.1. The molecule has 0 aliphatic heterocycles. The summed E-state index contributed by atoms with van der Waals surface area (Å²) < 4.78 is 6.49. The molecule has 0 bridgehead atoms. The Hall–Kier alpha value is -2.08. The second-order valence-electron chi connectivity index (χ2n) is 5.63. The van der Waals surface area contributed by atoms with E-state index in [1.165, 1.54) is 4.57 Å². The highest BCUT2D eigenvalue weighted by atomic mass is 16.4. The molecule has 0 spiro atoms. The second kappa shape index (κ2) is 5.37. The maximum atomic E-state index is 12.4. The third-order valence-corrected chi connectivity index (χ3v) is 4.36. The van der Waals surface area contributed by atoms with E-state index in [-0.39, 0.29) is 17.7 Å². The Bertz CT molecular complexity index is 731. The van der Waals surface area contributed by atoms with Crippen molar-refractivity contribution < 1.29 is 9.21 Å². The van der Waals surface area contributed by atoms with Crippen molar-refractivity contribution in [1.29, 1.82) is 0 Å². The zero-order valence-corrected chi connectivity index (χ0v) is 12.0. The van der Waals surface area contributed by atoms with Gasteiger partial charge in [-0.25, -0.2) is 4.79 Å². The lowest BCUT2D eigenvalue weighted by Crippen LogP contribution is -2.29. The van der Waals surface area contributed by atoms with Crippen molar-refractivity contribution in [1.82, 2.24) is 4.57 Å². The molecule has 2 atom stereocenters. The highest BCUT2D eigenvalue weighted by Gasteiger charge is 2.31. The fourth-order valence-corrected chi connectivity index (χ4v) is 3.10. The number of carbonyl (C=O) groups excluding carboxylic acids is 1. The molecule has 3 rings (SSSR count). The molecule has 2 aromatic rings. The van der Waals surface area contributed by atoms with Gasteiger partial charge in [0.15, 0.2) is 5.58 Å². The van der Waals surface area contributed by atoms with E-state index in [0.29, 0.717) is 23.3 Å². The van der Waals surface area contributed by atoms with Crippen molar-refractivity contribution in [3.05, 3.63) is 28.7 Å². The Morgan fingerprint density at radius 2 is 2.29 bits per heavy atom. The number of aryl methyl sites for hydroxylation is 1. The number of benzene rings is 1. The smallest absolute Gasteiger partial charge is 0.408 e. The van der Waals surface area contributed by atoms with Crippen LogP contribution in [0.5, 0.6) is 0 Å². The van der Waals surface area contributed by atoms with Crippen LogP contribution in [0.15, 0.2) is 27.4 Å². The van der Waals surface area contributed by atoms with Crippen LogP contribution in [-0.4, -0.2) is 17.0 Å². The van der Waals surface area contributed by atoms with Crippen LogP contribution in [0.2, 0.25) is 0 Å². The number of nitrogens with one attached hydrogen (secondary N) is 1. The summed E-state index contributed by atoms with van der Waals surface area (Å²) in [4.78, 5) is 23.8. The van der Waals surface area contributed by atoms with Crippen molar-refractivity contribution in [2.75, 3.05) is 11.9 Å². The van der Waals surface area contributed by atoms with E-state index in [1.54, 1.807) is 25.2 Å². The first-order valence-electron chi connectivity index (χ1n) is 7.20. The van der Waals surface area contributed by atoms with Gasteiger partial charge in [-0.05, 0) is 43.5 Å². The minimum atomic E-state index is -0.410. The van der Waals surface area contributed by atoms with E-state index in [4.69, 9.17) is 10.2 Å². The number of aromatic nitrogens is 1. The van der Waals surface area contributed by atoms with Gasteiger partial charge in [-0.1, -0.05) is 6.42 Å². The molecule has 21 heavy (non-hydrogen) atoms.